The van der Waals surface area contributed by atoms with Crippen molar-refractivity contribution in [2.75, 3.05) is 11.9 Å². The molecule has 3 aromatic rings. The van der Waals surface area contributed by atoms with Crippen molar-refractivity contribution in [1.82, 2.24) is 14.4 Å². The average Bonchev–Trinajstić information content (AvgIpc) is 3.16. The Bertz CT molecular complexity index is 1050. The molecule has 1 N–H and O–H groups in total. The Balaban J connectivity index is 1.76. The third-order valence-electron chi connectivity index (χ3n) is 5.24. The summed E-state index contributed by atoms with van der Waals surface area (Å²) >= 11 is 3.42. The number of rotatable bonds is 8. The predicted octanol–water partition coefficient (Wildman–Crippen LogP) is 5.26. The first-order chi connectivity index (χ1) is 15.3. The maximum Gasteiger partial charge on any atom is 0.322 e. The van der Waals surface area contributed by atoms with Crippen LogP contribution in [0.15, 0.2) is 77.4 Å². The first-order valence-corrected chi connectivity index (χ1v) is 11.4. The van der Waals surface area contributed by atoms with Gasteiger partial charge in [0.15, 0.2) is 0 Å². The van der Waals surface area contributed by atoms with Gasteiger partial charge in [0, 0.05) is 41.7 Å². The van der Waals surface area contributed by atoms with Crippen LogP contribution in [0.2, 0.25) is 0 Å². The number of aryl methyl sites for hydroxylation is 1. The fourth-order valence-electron chi connectivity index (χ4n) is 3.39. The summed E-state index contributed by atoms with van der Waals surface area (Å²) in [5, 5.41) is 2.89. The van der Waals surface area contributed by atoms with Crippen molar-refractivity contribution in [3.63, 3.8) is 0 Å². The highest BCUT2D eigenvalue weighted by molar-refractivity contribution is 9.10. The third kappa shape index (κ3) is 6.47. The van der Waals surface area contributed by atoms with E-state index in [9.17, 15) is 9.59 Å². The summed E-state index contributed by atoms with van der Waals surface area (Å²) in [5.74, 6) is -0.104. The molecule has 0 atom stereocenters. The van der Waals surface area contributed by atoms with Gasteiger partial charge in [0.1, 0.15) is 6.54 Å². The van der Waals surface area contributed by atoms with Gasteiger partial charge in [0.05, 0.1) is 6.54 Å². The Morgan fingerprint density at radius 1 is 1.00 bits per heavy atom. The van der Waals surface area contributed by atoms with E-state index in [1.165, 1.54) is 0 Å². The summed E-state index contributed by atoms with van der Waals surface area (Å²) in [6.45, 7) is 4.76. The summed E-state index contributed by atoms with van der Waals surface area (Å²) in [5.41, 5.74) is 2.75. The number of carbonyl (C=O) groups is 2. The normalized spacial score (nSPS) is 10.8. The summed E-state index contributed by atoms with van der Waals surface area (Å²) in [6.07, 6.45) is 1.96. The van der Waals surface area contributed by atoms with E-state index in [2.05, 4.69) is 21.2 Å². The fraction of sp³-hybridized carbons (Fsp3) is 0.280. The van der Waals surface area contributed by atoms with Crippen LogP contribution in [0.4, 0.5) is 10.5 Å². The van der Waals surface area contributed by atoms with Gasteiger partial charge in [-0.3, -0.25) is 4.79 Å². The Morgan fingerprint density at radius 2 is 1.75 bits per heavy atom. The molecule has 0 spiro atoms. The van der Waals surface area contributed by atoms with Gasteiger partial charge in [-0.1, -0.05) is 52.3 Å². The molecule has 2 aromatic carbocycles. The minimum absolute atomic E-state index is 0.00520. The van der Waals surface area contributed by atoms with Crippen LogP contribution in [-0.2, 0) is 24.9 Å². The lowest BCUT2D eigenvalue weighted by Gasteiger charge is -2.30. The fourth-order valence-corrected chi connectivity index (χ4v) is 3.79. The van der Waals surface area contributed by atoms with E-state index in [4.69, 9.17) is 0 Å². The second kappa shape index (κ2) is 11.0. The maximum atomic E-state index is 13.4. The Hall–Kier alpha value is -3.06. The van der Waals surface area contributed by atoms with Gasteiger partial charge in [-0.05, 0) is 49.7 Å². The number of halogens is 1. The maximum absolute atomic E-state index is 13.4. The first kappa shape index (κ1) is 23.6. The zero-order chi connectivity index (χ0) is 23.1. The molecule has 0 fully saturated rings. The van der Waals surface area contributed by atoms with Crippen molar-refractivity contribution in [3.05, 3.63) is 88.7 Å². The molecule has 0 radical (unpaired) electrons. The number of aromatic nitrogens is 1. The highest BCUT2D eigenvalue weighted by atomic mass is 79.9. The second-order valence-electron chi connectivity index (χ2n) is 8.01. The van der Waals surface area contributed by atoms with Gasteiger partial charge in [-0.2, -0.15) is 0 Å². The molecule has 0 saturated heterocycles. The number of amides is 3. The number of anilines is 1. The van der Waals surface area contributed by atoms with E-state index in [-0.39, 0.29) is 24.5 Å². The smallest absolute Gasteiger partial charge is 0.322 e. The molecular weight excluding hydrogens is 468 g/mol. The van der Waals surface area contributed by atoms with Crippen LogP contribution in [0.5, 0.6) is 0 Å². The Morgan fingerprint density at radius 3 is 2.38 bits per heavy atom. The van der Waals surface area contributed by atoms with Crippen molar-refractivity contribution in [2.45, 2.75) is 33.0 Å². The number of carbonyl (C=O) groups excluding carboxylic acids is 2. The number of hydrogen-bond acceptors (Lipinski definition) is 2. The molecule has 1 aromatic heterocycles. The van der Waals surface area contributed by atoms with E-state index in [1.54, 1.807) is 9.80 Å². The van der Waals surface area contributed by atoms with Gasteiger partial charge >= 0.3 is 6.03 Å². The number of nitrogens with zero attached hydrogens (tertiary/aromatic N) is 3. The minimum atomic E-state index is -0.301. The molecule has 3 amide bonds. The first-order valence-electron chi connectivity index (χ1n) is 10.6. The largest absolute Gasteiger partial charge is 0.353 e. The standard InChI is InChI=1S/C25H29BrN4O2/c1-19(2)30(25(32)27-22-12-7-11-21(26)15-22)18-24(31)29(16-20-9-5-4-6-10-20)17-23-13-8-14-28(23)3/h4-15,19H,16-18H2,1-3H3,(H,27,32). The van der Waals surface area contributed by atoms with Crippen LogP contribution in [0.1, 0.15) is 25.1 Å². The lowest BCUT2D eigenvalue weighted by molar-refractivity contribution is -0.133. The molecule has 0 aliphatic heterocycles. The van der Waals surface area contributed by atoms with Crippen LogP contribution >= 0.6 is 15.9 Å². The van der Waals surface area contributed by atoms with Crippen LogP contribution < -0.4 is 5.32 Å². The van der Waals surface area contributed by atoms with Gasteiger partial charge in [-0.15, -0.1) is 0 Å². The minimum Gasteiger partial charge on any atom is -0.353 e. The van der Waals surface area contributed by atoms with Gasteiger partial charge in [0.25, 0.3) is 0 Å². The lowest BCUT2D eigenvalue weighted by Crippen LogP contribution is -2.47. The molecule has 0 aliphatic rings. The Kier molecular flexibility index (Phi) is 8.11. The van der Waals surface area contributed by atoms with E-state index < -0.39 is 0 Å². The molecule has 0 saturated carbocycles. The van der Waals surface area contributed by atoms with Crippen LogP contribution in [-0.4, -0.2) is 38.9 Å². The van der Waals surface area contributed by atoms with Gasteiger partial charge < -0.3 is 19.7 Å². The molecule has 7 heteroatoms. The average molecular weight is 497 g/mol. The second-order valence-corrected chi connectivity index (χ2v) is 8.92. The van der Waals surface area contributed by atoms with Crippen molar-refractivity contribution in [2.24, 2.45) is 7.05 Å². The highest BCUT2D eigenvalue weighted by Gasteiger charge is 2.24. The van der Waals surface area contributed by atoms with E-state index >= 15 is 0 Å². The van der Waals surface area contributed by atoms with E-state index in [1.807, 2.05) is 98.4 Å². The molecule has 0 aliphatic carbocycles. The third-order valence-corrected chi connectivity index (χ3v) is 5.73. The number of benzene rings is 2. The number of urea groups is 1. The lowest BCUT2D eigenvalue weighted by atomic mass is 10.2. The summed E-state index contributed by atoms with van der Waals surface area (Å²) in [4.78, 5) is 29.7. The molecule has 0 bridgehead atoms. The molecule has 32 heavy (non-hydrogen) atoms. The SMILES string of the molecule is CC(C)N(CC(=O)N(Cc1ccccc1)Cc1cccn1C)C(=O)Nc1cccc(Br)c1. The monoisotopic (exact) mass is 496 g/mol. The molecule has 3 rings (SSSR count). The Labute approximate surface area is 198 Å². The van der Waals surface area contributed by atoms with E-state index in [0.29, 0.717) is 18.8 Å². The van der Waals surface area contributed by atoms with E-state index in [0.717, 1.165) is 15.7 Å². The van der Waals surface area contributed by atoms with Crippen molar-refractivity contribution in [3.8, 4) is 0 Å². The van der Waals surface area contributed by atoms with Gasteiger partial charge in [-0.25, -0.2) is 4.79 Å². The highest BCUT2D eigenvalue weighted by Crippen LogP contribution is 2.17. The number of nitrogens with one attached hydrogen (secondary N) is 1. The molecule has 6 nitrogen and oxygen atoms in total. The molecular formula is C25H29BrN4O2. The summed E-state index contributed by atoms with van der Waals surface area (Å²) in [7, 11) is 1.96. The summed E-state index contributed by atoms with van der Waals surface area (Å²) in [6, 6.07) is 20.8. The zero-order valence-electron chi connectivity index (χ0n) is 18.7. The van der Waals surface area contributed by atoms with Crippen LogP contribution in [0.3, 0.4) is 0 Å². The van der Waals surface area contributed by atoms with Gasteiger partial charge in [0.2, 0.25) is 5.91 Å². The molecule has 0 unspecified atom stereocenters. The predicted molar refractivity (Wildman–Crippen MR) is 131 cm³/mol. The van der Waals surface area contributed by atoms with Crippen molar-refractivity contribution < 1.29 is 9.59 Å². The molecule has 168 valence electrons. The van der Waals surface area contributed by atoms with Crippen molar-refractivity contribution in [1.29, 1.82) is 0 Å². The van der Waals surface area contributed by atoms with Crippen LogP contribution in [0, 0.1) is 0 Å². The quantitative estimate of drug-likeness (QED) is 0.462. The topological polar surface area (TPSA) is 57.6 Å². The summed E-state index contributed by atoms with van der Waals surface area (Å²) < 4.78 is 2.88. The van der Waals surface area contributed by atoms with Crippen molar-refractivity contribution >= 4 is 33.6 Å². The van der Waals surface area contributed by atoms with Crippen LogP contribution in [0.25, 0.3) is 0 Å². The molecule has 1 heterocycles. The number of hydrogen-bond donors (Lipinski definition) is 1. The zero-order valence-corrected chi connectivity index (χ0v) is 20.2.